The van der Waals surface area contributed by atoms with Gasteiger partial charge in [0.15, 0.2) is 0 Å². The first kappa shape index (κ1) is 15.1. The number of likely N-dealkylation sites (N-methyl/N-ethyl adjacent to an activating group) is 1. The third-order valence-electron chi connectivity index (χ3n) is 2.78. The van der Waals surface area contributed by atoms with E-state index in [2.05, 4.69) is 20.1 Å². The summed E-state index contributed by atoms with van der Waals surface area (Å²) in [7, 11) is -1.70. The van der Waals surface area contributed by atoms with Gasteiger partial charge in [0.05, 0.1) is 23.9 Å². The number of hydrogen-bond acceptors (Lipinski definition) is 6. The summed E-state index contributed by atoms with van der Waals surface area (Å²) in [5.41, 5.74) is 2.55. The average molecular weight is 315 g/mol. The van der Waals surface area contributed by atoms with Crippen molar-refractivity contribution in [1.29, 1.82) is 0 Å². The van der Waals surface area contributed by atoms with Crippen molar-refractivity contribution in [2.24, 2.45) is 0 Å². The maximum Gasteiger partial charge on any atom is 0.244 e. The van der Waals surface area contributed by atoms with Crippen LogP contribution in [0.1, 0.15) is 10.6 Å². The lowest BCUT2D eigenvalue weighted by Gasteiger charge is -2.03. The molecule has 2 rings (SSSR count). The monoisotopic (exact) mass is 315 g/mol. The van der Waals surface area contributed by atoms with Crippen molar-refractivity contribution < 1.29 is 8.42 Å². The van der Waals surface area contributed by atoms with E-state index >= 15 is 0 Å². The largest absolute Gasteiger partial charge is 0.318 e. The van der Waals surface area contributed by atoms with E-state index in [9.17, 15) is 8.42 Å². The van der Waals surface area contributed by atoms with Crippen LogP contribution >= 0.6 is 11.3 Å². The highest BCUT2D eigenvalue weighted by Gasteiger charge is 2.17. The number of aryl methyl sites for hydroxylation is 1. The first-order chi connectivity index (χ1) is 9.53. The molecule has 0 unspecified atom stereocenters. The maximum atomic E-state index is 12.1. The molecule has 2 N–H and O–H groups in total. The normalized spacial score (nSPS) is 11.9. The first-order valence-corrected chi connectivity index (χ1v) is 8.45. The highest BCUT2D eigenvalue weighted by atomic mass is 32.2. The molecule has 2 aromatic heterocycles. The van der Waals surface area contributed by atoms with Crippen molar-refractivity contribution in [3.63, 3.8) is 0 Å². The zero-order chi connectivity index (χ0) is 14.6. The van der Waals surface area contributed by atoms with Gasteiger partial charge in [-0.15, -0.1) is 11.3 Å². The van der Waals surface area contributed by atoms with Crippen molar-refractivity contribution in [2.45, 2.75) is 24.9 Å². The Morgan fingerprint density at radius 2 is 2.25 bits per heavy atom. The molecule has 2 heterocycles. The molecule has 0 aliphatic rings. The van der Waals surface area contributed by atoms with Gasteiger partial charge in [0, 0.05) is 24.2 Å². The van der Waals surface area contributed by atoms with Gasteiger partial charge in [-0.25, -0.2) is 18.1 Å². The molecule has 0 aliphatic heterocycles. The van der Waals surface area contributed by atoms with Crippen molar-refractivity contribution in [3.8, 4) is 0 Å². The van der Waals surface area contributed by atoms with Crippen LogP contribution in [0, 0.1) is 6.92 Å². The maximum absolute atomic E-state index is 12.1. The molecule has 0 fully saturated rings. The summed E-state index contributed by atoms with van der Waals surface area (Å²) in [6.07, 6.45) is 2.89. The number of rotatable bonds is 7. The molecule has 0 aromatic carbocycles. The highest BCUT2D eigenvalue weighted by Crippen LogP contribution is 2.13. The molecule has 0 atom stereocenters. The van der Waals surface area contributed by atoms with Crippen LogP contribution in [0.5, 0.6) is 0 Å². The van der Waals surface area contributed by atoms with Gasteiger partial charge in [0.2, 0.25) is 10.0 Å². The van der Waals surface area contributed by atoms with Crippen LogP contribution < -0.4 is 10.0 Å². The second-order valence-electron chi connectivity index (χ2n) is 4.23. The van der Waals surface area contributed by atoms with Crippen LogP contribution in [0.4, 0.5) is 0 Å². The summed E-state index contributed by atoms with van der Waals surface area (Å²) in [4.78, 5) is 5.18. The van der Waals surface area contributed by atoms with Gasteiger partial charge in [-0.1, -0.05) is 0 Å². The Labute approximate surface area is 122 Å². The van der Waals surface area contributed by atoms with Crippen molar-refractivity contribution in [1.82, 2.24) is 24.8 Å². The standard InChI is InChI=1S/C11H17N5O2S2/c1-9-11(19-8-13-9)6-15-20(17,18)10-5-14-16(7-10)4-3-12-2/h5,7-8,12,15H,3-4,6H2,1-2H3. The molecular weight excluding hydrogens is 298 g/mol. The second-order valence-corrected chi connectivity index (χ2v) is 6.93. The van der Waals surface area contributed by atoms with Crippen molar-refractivity contribution in [2.75, 3.05) is 13.6 Å². The Balaban J connectivity index is 2.03. The van der Waals surface area contributed by atoms with E-state index in [4.69, 9.17) is 0 Å². The van der Waals surface area contributed by atoms with E-state index in [1.807, 2.05) is 14.0 Å². The number of sulfonamides is 1. The van der Waals surface area contributed by atoms with E-state index < -0.39 is 10.0 Å². The first-order valence-electron chi connectivity index (χ1n) is 6.08. The van der Waals surface area contributed by atoms with E-state index in [1.165, 1.54) is 23.7 Å². The third-order valence-corrected chi connectivity index (χ3v) is 5.07. The molecule has 0 radical (unpaired) electrons. The predicted molar refractivity (Wildman–Crippen MR) is 77.0 cm³/mol. The van der Waals surface area contributed by atoms with Crippen molar-refractivity contribution in [3.05, 3.63) is 28.5 Å². The van der Waals surface area contributed by atoms with E-state index in [0.29, 0.717) is 6.54 Å². The summed E-state index contributed by atoms with van der Waals surface area (Å²) < 4.78 is 28.4. The number of nitrogens with one attached hydrogen (secondary N) is 2. The number of nitrogens with zero attached hydrogens (tertiary/aromatic N) is 3. The van der Waals surface area contributed by atoms with Gasteiger partial charge >= 0.3 is 0 Å². The van der Waals surface area contributed by atoms with Gasteiger partial charge in [0.1, 0.15) is 4.90 Å². The topological polar surface area (TPSA) is 88.9 Å². The number of aromatic nitrogens is 3. The quantitative estimate of drug-likeness (QED) is 0.769. The lowest BCUT2D eigenvalue weighted by atomic mass is 10.4. The van der Waals surface area contributed by atoms with Crippen LogP contribution in [-0.2, 0) is 23.1 Å². The lowest BCUT2D eigenvalue weighted by molar-refractivity contribution is 0.576. The fourth-order valence-electron chi connectivity index (χ4n) is 1.57. The van der Waals surface area contributed by atoms with E-state index in [1.54, 1.807) is 10.2 Å². The Hall–Kier alpha value is -1.29. The summed E-state index contributed by atoms with van der Waals surface area (Å²) >= 11 is 1.43. The Morgan fingerprint density at radius 3 is 2.90 bits per heavy atom. The molecule has 20 heavy (non-hydrogen) atoms. The Morgan fingerprint density at radius 1 is 1.45 bits per heavy atom. The fraction of sp³-hybridized carbons (Fsp3) is 0.455. The van der Waals surface area contributed by atoms with Crippen LogP contribution in [0.15, 0.2) is 22.8 Å². The Kier molecular flexibility index (Phi) is 4.86. The van der Waals surface area contributed by atoms with Crippen LogP contribution in [0.2, 0.25) is 0 Å². The smallest absolute Gasteiger partial charge is 0.244 e. The summed E-state index contributed by atoms with van der Waals surface area (Å²) in [6, 6.07) is 0. The third kappa shape index (κ3) is 3.63. The molecular formula is C11H17N5O2S2. The van der Waals surface area contributed by atoms with Crippen LogP contribution in [0.3, 0.4) is 0 Å². The summed E-state index contributed by atoms with van der Waals surface area (Å²) in [5, 5.41) is 7.01. The average Bonchev–Trinajstić information content (AvgIpc) is 3.03. The molecule has 0 bridgehead atoms. The molecule has 0 saturated carbocycles. The Bertz CT molecular complexity index is 662. The summed E-state index contributed by atoms with van der Waals surface area (Å²) in [5.74, 6) is 0. The fourth-order valence-corrected chi connectivity index (χ4v) is 3.33. The molecule has 110 valence electrons. The molecule has 0 amide bonds. The van der Waals surface area contributed by atoms with Crippen LogP contribution in [0.25, 0.3) is 0 Å². The van der Waals surface area contributed by atoms with Gasteiger partial charge in [-0.2, -0.15) is 5.10 Å². The van der Waals surface area contributed by atoms with E-state index in [-0.39, 0.29) is 11.4 Å². The molecule has 0 spiro atoms. The predicted octanol–water partition coefficient (Wildman–Crippen LogP) is 0.346. The van der Waals surface area contributed by atoms with E-state index in [0.717, 1.165) is 17.1 Å². The summed E-state index contributed by atoms with van der Waals surface area (Å²) in [6.45, 7) is 3.46. The molecule has 2 aromatic rings. The zero-order valence-corrected chi connectivity index (χ0v) is 13.0. The minimum absolute atomic E-state index is 0.177. The highest BCUT2D eigenvalue weighted by molar-refractivity contribution is 7.89. The zero-order valence-electron chi connectivity index (χ0n) is 11.3. The SMILES string of the molecule is CNCCn1cc(S(=O)(=O)NCc2scnc2C)cn1. The molecule has 0 saturated heterocycles. The number of thiazole rings is 1. The molecule has 7 nitrogen and oxygen atoms in total. The van der Waals surface area contributed by atoms with Gasteiger partial charge < -0.3 is 5.32 Å². The second kappa shape index (κ2) is 6.44. The lowest BCUT2D eigenvalue weighted by Crippen LogP contribution is -2.23. The van der Waals surface area contributed by atoms with Gasteiger partial charge in [-0.05, 0) is 14.0 Å². The minimum atomic E-state index is -3.53. The van der Waals surface area contributed by atoms with Gasteiger partial charge in [-0.3, -0.25) is 4.68 Å². The van der Waals surface area contributed by atoms with Gasteiger partial charge in [0.25, 0.3) is 0 Å². The van der Waals surface area contributed by atoms with Crippen LogP contribution in [-0.4, -0.2) is 36.8 Å². The minimum Gasteiger partial charge on any atom is -0.318 e. The van der Waals surface area contributed by atoms with Crippen molar-refractivity contribution >= 4 is 21.4 Å². The molecule has 0 aliphatic carbocycles. The number of hydrogen-bond donors (Lipinski definition) is 2. The molecule has 9 heteroatoms.